The molecule has 118 valence electrons. The fourth-order valence-electron chi connectivity index (χ4n) is 3.63. The molecular weight excluding hydrogens is 301 g/mol. The Morgan fingerprint density at radius 2 is 1.86 bits per heavy atom. The molecule has 0 aliphatic heterocycles. The van der Waals surface area contributed by atoms with Crippen molar-refractivity contribution in [2.45, 2.75) is 52.5 Å². The van der Waals surface area contributed by atoms with E-state index in [1.807, 2.05) is 12.1 Å². The van der Waals surface area contributed by atoms with Gasteiger partial charge in [-0.1, -0.05) is 50.0 Å². The van der Waals surface area contributed by atoms with Crippen molar-refractivity contribution >= 4 is 23.2 Å². The molecule has 3 atom stereocenters. The van der Waals surface area contributed by atoms with Gasteiger partial charge in [-0.15, -0.1) is 0 Å². The van der Waals surface area contributed by atoms with Crippen molar-refractivity contribution in [3.05, 3.63) is 33.8 Å². The van der Waals surface area contributed by atoms with Crippen LogP contribution in [0.1, 0.15) is 45.6 Å². The Kier molecular flexibility index (Phi) is 5.62. The van der Waals surface area contributed by atoms with E-state index < -0.39 is 0 Å². The fraction of sp³-hybridized carbons (Fsp3) is 0.667. The molecule has 2 rings (SSSR count). The van der Waals surface area contributed by atoms with Gasteiger partial charge in [0.25, 0.3) is 0 Å². The van der Waals surface area contributed by atoms with Crippen molar-refractivity contribution in [2.24, 2.45) is 17.3 Å². The third kappa shape index (κ3) is 4.37. The quantitative estimate of drug-likeness (QED) is 0.763. The molecule has 1 N–H and O–H groups in total. The summed E-state index contributed by atoms with van der Waals surface area (Å²) >= 11 is 12.2. The summed E-state index contributed by atoms with van der Waals surface area (Å²) in [6.07, 6.45) is 4.96. The summed E-state index contributed by atoms with van der Waals surface area (Å²) in [6, 6.07) is 6.66. The molecule has 0 aromatic heterocycles. The maximum absolute atomic E-state index is 6.16. The molecule has 0 radical (unpaired) electrons. The smallest absolute Gasteiger partial charge is 0.0595 e. The van der Waals surface area contributed by atoms with Gasteiger partial charge in [0.15, 0.2) is 0 Å². The van der Waals surface area contributed by atoms with Gasteiger partial charge in [-0.3, -0.25) is 0 Å². The van der Waals surface area contributed by atoms with E-state index in [0.29, 0.717) is 27.4 Å². The zero-order chi connectivity index (χ0) is 15.6. The van der Waals surface area contributed by atoms with Crippen molar-refractivity contribution in [3.8, 4) is 0 Å². The first-order valence-corrected chi connectivity index (χ1v) is 8.68. The minimum Gasteiger partial charge on any atom is -0.317 e. The standard InChI is InChI=1S/C18H27Cl2N/c1-18(2,3)14-6-8-17(21-4)13(11-14)9-12-5-7-15(19)16(20)10-12/h5,7,10,13-14,17,21H,6,8-9,11H2,1-4H3. The molecule has 0 saturated heterocycles. The molecule has 0 bridgehead atoms. The Morgan fingerprint density at radius 3 is 2.43 bits per heavy atom. The first-order chi connectivity index (χ1) is 9.81. The van der Waals surface area contributed by atoms with Crippen LogP contribution in [0.4, 0.5) is 0 Å². The fourth-order valence-corrected chi connectivity index (χ4v) is 3.95. The van der Waals surface area contributed by atoms with E-state index >= 15 is 0 Å². The van der Waals surface area contributed by atoms with Crippen LogP contribution in [0.15, 0.2) is 18.2 Å². The predicted molar refractivity (Wildman–Crippen MR) is 93.3 cm³/mol. The van der Waals surface area contributed by atoms with Crippen molar-refractivity contribution < 1.29 is 0 Å². The highest BCUT2D eigenvalue weighted by molar-refractivity contribution is 6.42. The first-order valence-electron chi connectivity index (χ1n) is 7.92. The second-order valence-electron chi connectivity index (χ2n) is 7.48. The largest absolute Gasteiger partial charge is 0.317 e. The molecule has 1 aliphatic carbocycles. The third-order valence-electron chi connectivity index (χ3n) is 5.06. The molecule has 1 aromatic carbocycles. The van der Waals surface area contributed by atoms with Crippen LogP contribution in [0.25, 0.3) is 0 Å². The highest BCUT2D eigenvalue weighted by Crippen LogP contribution is 2.41. The normalized spacial score (nSPS) is 26.9. The molecule has 1 fully saturated rings. The molecule has 1 nitrogen and oxygen atoms in total. The van der Waals surface area contributed by atoms with Crippen molar-refractivity contribution in [1.82, 2.24) is 5.32 Å². The number of halogens is 2. The van der Waals surface area contributed by atoms with Gasteiger partial charge in [-0.2, -0.15) is 0 Å². The van der Waals surface area contributed by atoms with Gasteiger partial charge in [0.1, 0.15) is 0 Å². The van der Waals surface area contributed by atoms with Gasteiger partial charge in [0.2, 0.25) is 0 Å². The lowest BCUT2D eigenvalue weighted by molar-refractivity contribution is 0.117. The minimum absolute atomic E-state index is 0.397. The van der Waals surface area contributed by atoms with Gasteiger partial charge in [0, 0.05) is 6.04 Å². The maximum atomic E-state index is 6.16. The number of hydrogen-bond acceptors (Lipinski definition) is 1. The molecule has 21 heavy (non-hydrogen) atoms. The van der Waals surface area contributed by atoms with Crippen LogP contribution in [0, 0.1) is 17.3 Å². The highest BCUT2D eigenvalue weighted by atomic mass is 35.5. The summed E-state index contributed by atoms with van der Waals surface area (Å²) in [6.45, 7) is 7.11. The monoisotopic (exact) mass is 327 g/mol. The predicted octanol–water partition coefficient (Wildman–Crippen LogP) is 5.59. The zero-order valence-corrected chi connectivity index (χ0v) is 15.1. The molecule has 1 saturated carbocycles. The topological polar surface area (TPSA) is 12.0 Å². The number of rotatable bonds is 3. The molecule has 0 spiro atoms. The lowest BCUT2D eigenvalue weighted by atomic mass is 9.66. The number of hydrogen-bond donors (Lipinski definition) is 1. The van der Waals surface area contributed by atoms with Crippen LogP contribution in [-0.4, -0.2) is 13.1 Å². The Bertz CT molecular complexity index is 479. The average Bonchev–Trinajstić information content (AvgIpc) is 2.42. The van der Waals surface area contributed by atoms with Crippen LogP contribution >= 0.6 is 23.2 Å². The first kappa shape index (κ1) is 17.1. The summed E-state index contributed by atoms with van der Waals surface area (Å²) in [5, 5.41) is 4.82. The van der Waals surface area contributed by atoms with Gasteiger partial charge >= 0.3 is 0 Å². The van der Waals surface area contributed by atoms with E-state index in [4.69, 9.17) is 23.2 Å². The van der Waals surface area contributed by atoms with Crippen molar-refractivity contribution in [3.63, 3.8) is 0 Å². The van der Waals surface area contributed by atoms with Crippen LogP contribution in [0.5, 0.6) is 0 Å². The maximum Gasteiger partial charge on any atom is 0.0595 e. The third-order valence-corrected chi connectivity index (χ3v) is 5.80. The van der Waals surface area contributed by atoms with Gasteiger partial charge in [-0.25, -0.2) is 0 Å². The van der Waals surface area contributed by atoms with Crippen molar-refractivity contribution in [1.29, 1.82) is 0 Å². The van der Waals surface area contributed by atoms with E-state index in [1.165, 1.54) is 24.8 Å². The van der Waals surface area contributed by atoms with Crippen LogP contribution in [-0.2, 0) is 6.42 Å². The lowest BCUT2D eigenvalue weighted by Gasteiger charge is -2.42. The Balaban J connectivity index is 2.12. The lowest BCUT2D eigenvalue weighted by Crippen LogP contribution is -2.42. The summed E-state index contributed by atoms with van der Waals surface area (Å²) in [7, 11) is 2.09. The van der Waals surface area contributed by atoms with Crippen LogP contribution < -0.4 is 5.32 Å². The molecular formula is C18H27Cl2N. The summed E-state index contributed by atoms with van der Waals surface area (Å²) in [4.78, 5) is 0. The second-order valence-corrected chi connectivity index (χ2v) is 8.30. The average molecular weight is 328 g/mol. The number of nitrogens with one attached hydrogen (secondary N) is 1. The Morgan fingerprint density at radius 1 is 1.14 bits per heavy atom. The molecule has 1 aromatic rings. The second kappa shape index (κ2) is 6.89. The number of benzene rings is 1. The molecule has 0 heterocycles. The van der Waals surface area contributed by atoms with E-state index in [1.54, 1.807) is 0 Å². The summed E-state index contributed by atoms with van der Waals surface area (Å²) in [5.74, 6) is 1.47. The zero-order valence-electron chi connectivity index (χ0n) is 13.5. The molecule has 0 amide bonds. The van der Waals surface area contributed by atoms with Crippen LogP contribution in [0.3, 0.4) is 0 Å². The van der Waals surface area contributed by atoms with Crippen LogP contribution in [0.2, 0.25) is 10.0 Å². The summed E-state index contributed by atoms with van der Waals surface area (Å²) < 4.78 is 0. The van der Waals surface area contributed by atoms with E-state index in [2.05, 4.69) is 39.2 Å². The summed E-state index contributed by atoms with van der Waals surface area (Å²) in [5.41, 5.74) is 1.69. The molecule has 3 unspecified atom stereocenters. The van der Waals surface area contributed by atoms with Gasteiger partial charge < -0.3 is 5.32 Å². The van der Waals surface area contributed by atoms with Gasteiger partial charge in [0.05, 0.1) is 10.0 Å². The molecule has 1 aliphatic rings. The SMILES string of the molecule is CNC1CCC(C(C)(C)C)CC1Cc1ccc(Cl)c(Cl)c1. The van der Waals surface area contributed by atoms with E-state index in [-0.39, 0.29) is 0 Å². The van der Waals surface area contributed by atoms with E-state index in [0.717, 1.165) is 12.3 Å². The Hall–Kier alpha value is -0.240. The molecule has 3 heteroatoms. The minimum atomic E-state index is 0.397. The van der Waals surface area contributed by atoms with E-state index in [9.17, 15) is 0 Å². The highest BCUT2D eigenvalue weighted by Gasteiger charge is 2.35. The van der Waals surface area contributed by atoms with Gasteiger partial charge in [-0.05, 0) is 67.7 Å². The Labute approximate surface area is 139 Å². The van der Waals surface area contributed by atoms with Crippen molar-refractivity contribution in [2.75, 3.05) is 7.05 Å².